The normalized spacial score (nSPS) is 34.2. The van der Waals surface area contributed by atoms with Crippen LogP contribution in [0.5, 0.6) is 0 Å². The number of amides is 3. The van der Waals surface area contributed by atoms with Gasteiger partial charge >= 0.3 is 6.03 Å². The van der Waals surface area contributed by atoms with Crippen LogP contribution in [0.15, 0.2) is 0 Å². The van der Waals surface area contributed by atoms with Gasteiger partial charge in [-0.2, -0.15) is 0 Å². The van der Waals surface area contributed by atoms with Gasteiger partial charge in [-0.25, -0.2) is 4.79 Å². The SMILES string of the molecule is C[C@H]1[C@H](C)CCC[C@@H]1NC(=O)N1CCN(C(=O)[C@@H]2CCCO2)CC1. The van der Waals surface area contributed by atoms with Gasteiger partial charge in [-0.3, -0.25) is 4.79 Å². The van der Waals surface area contributed by atoms with E-state index < -0.39 is 0 Å². The molecule has 0 bridgehead atoms. The zero-order valence-corrected chi connectivity index (χ0v) is 15.0. The van der Waals surface area contributed by atoms with Crippen LogP contribution in [0.2, 0.25) is 0 Å². The van der Waals surface area contributed by atoms with Gasteiger partial charge < -0.3 is 19.9 Å². The number of nitrogens with one attached hydrogen (secondary N) is 1. The van der Waals surface area contributed by atoms with Crippen LogP contribution in [0.1, 0.15) is 46.0 Å². The quantitative estimate of drug-likeness (QED) is 0.836. The number of nitrogens with zero attached hydrogens (tertiary/aromatic N) is 2. The Balaban J connectivity index is 1.45. The Bertz CT molecular complexity index is 456. The fourth-order valence-corrected chi connectivity index (χ4v) is 4.14. The van der Waals surface area contributed by atoms with E-state index in [1.54, 1.807) is 0 Å². The van der Waals surface area contributed by atoms with Crippen molar-refractivity contribution in [3.63, 3.8) is 0 Å². The van der Waals surface area contributed by atoms with Gasteiger partial charge in [0.2, 0.25) is 0 Å². The number of hydrogen-bond donors (Lipinski definition) is 1. The number of piperazine rings is 1. The maximum atomic E-state index is 12.5. The van der Waals surface area contributed by atoms with Gasteiger partial charge in [0.05, 0.1) is 0 Å². The van der Waals surface area contributed by atoms with Crippen LogP contribution >= 0.6 is 0 Å². The van der Waals surface area contributed by atoms with Crippen molar-refractivity contribution in [3.05, 3.63) is 0 Å². The minimum atomic E-state index is -0.255. The van der Waals surface area contributed by atoms with Crippen molar-refractivity contribution in [3.8, 4) is 0 Å². The molecule has 0 aromatic heterocycles. The first kappa shape index (κ1) is 17.5. The smallest absolute Gasteiger partial charge is 0.317 e. The molecule has 0 aromatic rings. The highest BCUT2D eigenvalue weighted by Gasteiger charge is 2.33. The van der Waals surface area contributed by atoms with Crippen LogP contribution in [-0.4, -0.2) is 66.7 Å². The number of rotatable bonds is 2. The Hall–Kier alpha value is -1.30. The summed E-state index contributed by atoms with van der Waals surface area (Å²) in [5, 5.41) is 3.23. The van der Waals surface area contributed by atoms with Crippen molar-refractivity contribution in [2.75, 3.05) is 32.8 Å². The summed E-state index contributed by atoms with van der Waals surface area (Å²) < 4.78 is 5.48. The third-order valence-corrected chi connectivity index (χ3v) is 6.10. The Labute approximate surface area is 144 Å². The highest BCUT2D eigenvalue weighted by Crippen LogP contribution is 2.29. The molecule has 0 radical (unpaired) electrons. The van der Waals surface area contributed by atoms with Crippen LogP contribution in [-0.2, 0) is 9.53 Å². The molecule has 6 heteroatoms. The van der Waals surface area contributed by atoms with Crippen LogP contribution in [0.4, 0.5) is 4.79 Å². The van der Waals surface area contributed by atoms with E-state index in [0.717, 1.165) is 19.3 Å². The van der Waals surface area contributed by atoms with Crippen LogP contribution in [0.25, 0.3) is 0 Å². The molecule has 4 atom stereocenters. The summed E-state index contributed by atoms with van der Waals surface area (Å²) in [4.78, 5) is 28.6. The van der Waals surface area contributed by atoms with Crippen molar-refractivity contribution < 1.29 is 14.3 Å². The molecule has 2 heterocycles. The molecule has 24 heavy (non-hydrogen) atoms. The maximum Gasteiger partial charge on any atom is 0.317 e. The fraction of sp³-hybridized carbons (Fsp3) is 0.889. The van der Waals surface area contributed by atoms with Crippen LogP contribution < -0.4 is 5.32 Å². The van der Waals surface area contributed by atoms with Gasteiger partial charge in [0.1, 0.15) is 6.10 Å². The molecule has 0 spiro atoms. The van der Waals surface area contributed by atoms with Gasteiger partial charge in [-0.1, -0.05) is 26.7 Å². The van der Waals surface area contributed by atoms with Gasteiger partial charge in [0.15, 0.2) is 0 Å². The molecular weight excluding hydrogens is 306 g/mol. The minimum absolute atomic E-state index is 0.0326. The third-order valence-electron chi connectivity index (χ3n) is 6.10. The summed E-state index contributed by atoms with van der Waals surface area (Å²) in [5.74, 6) is 1.30. The van der Waals surface area contributed by atoms with E-state index in [1.165, 1.54) is 12.8 Å². The van der Waals surface area contributed by atoms with Crippen molar-refractivity contribution in [2.24, 2.45) is 11.8 Å². The maximum absolute atomic E-state index is 12.5. The standard InChI is InChI=1S/C18H31N3O3/c1-13-5-3-6-15(14(13)2)19-18(23)21-10-8-20(9-11-21)17(22)16-7-4-12-24-16/h13-16H,3-12H2,1-2H3,(H,19,23)/t13-,14+,15+,16+/m1/s1. The van der Waals surface area contributed by atoms with E-state index in [-0.39, 0.29) is 24.1 Å². The summed E-state index contributed by atoms with van der Waals surface area (Å²) in [6.07, 6.45) is 5.08. The lowest BCUT2D eigenvalue weighted by Gasteiger charge is -2.39. The van der Waals surface area contributed by atoms with Gasteiger partial charge in [0, 0.05) is 38.8 Å². The second-order valence-corrected chi connectivity index (χ2v) is 7.64. The first-order chi connectivity index (χ1) is 11.6. The number of urea groups is 1. The lowest BCUT2D eigenvalue weighted by molar-refractivity contribution is -0.142. The molecule has 2 aliphatic heterocycles. The van der Waals surface area contributed by atoms with Gasteiger partial charge in [0.25, 0.3) is 5.91 Å². The Kier molecular flexibility index (Phi) is 5.64. The first-order valence-corrected chi connectivity index (χ1v) is 9.52. The van der Waals surface area contributed by atoms with E-state index in [2.05, 4.69) is 19.2 Å². The molecule has 1 aliphatic carbocycles. The Morgan fingerprint density at radius 1 is 0.958 bits per heavy atom. The molecule has 2 saturated heterocycles. The average Bonchev–Trinajstić information content (AvgIpc) is 3.13. The molecule has 3 amide bonds. The van der Waals surface area contributed by atoms with Crippen molar-refractivity contribution in [1.29, 1.82) is 0 Å². The second kappa shape index (κ2) is 7.72. The Morgan fingerprint density at radius 3 is 2.33 bits per heavy atom. The van der Waals surface area contributed by atoms with E-state index in [4.69, 9.17) is 4.74 Å². The second-order valence-electron chi connectivity index (χ2n) is 7.64. The molecule has 3 fully saturated rings. The predicted molar refractivity (Wildman–Crippen MR) is 91.6 cm³/mol. The highest BCUT2D eigenvalue weighted by atomic mass is 16.5. The zero-order chi connectivity index (χ0) is 17.1. The molecule has 6 nitrogen and oxygen atoms in total. The van der Waals surface area contributed by atoms with Crippen LogP contribution in [0, 0.1) is 11.8 Å². The van der Waals surface area contributed by atoms with Gasteiger partial charge in [-0.05, 0) is 31.1 Å². The number of carbonyl (C=O) groups is 2. The largest absolute Gasteiger partial charge is 0.368 e. The lowest BCUT2D eigenvalue weighted by atomic mass is 9.78. The number of carbonyl (C=O) groups excluding carboxylic acids is 2. The summed E-state index contributed by atoms with van der Waals surface area (Å²) in [6, 6.07) is 0.318. The Morgan fingerprint density at radius 2 is 1.67 bits per heavy atom. The molecule has 3 aliphatic rings. The van der Waals surface area contributed by atoms with Gasteiger partial charge in [-0.15, -0.1) is 0 Å². The molecular formula is C18H31N3O3. The van der Waals surface area contributed by atoms with Crippen molar-refractivity contribution in [2.45, 2.75) is 58.1 Å². The molecule has 1 N–H and O–H groups in total. The fourth-order valence-electron chi connectivity index (χ4n) is 4.14. The number of hydrogen-bond acceptors (Lipinski definition) is 3. The van der Waals surface area contributed by atoms with E-state index in [0.29, 0.717) is 44.6 Å². The topological polar surface area (TPSA) is 61.9 Å². The molecule has 0 aromatic carbocycles. The van der Waals surface area contributed by atoms with E-state index in [1.807, 2.05) is 9.80 Å². The van der Waals surface area contributed by atoms with Crippen molar-refractivity contribution >= 4 is 11.9 Å². The zero-order valence-electron chi connectivity index (χ0n) is 15.0. The minimum Gasteiger partial charge on any atom is -0.368 e. The molecule has 1 saturated carbocycles. The highest BCUT2D eigenvalue weighted by molar-refractivity contribution is 5.81. The average molecular weight is 337 g/mol. The van der Waals surface area contributed by atoms with E-state index in [9.17, 15) is 9.59 Å². The lowest BCUT2D eigenvalue weighted by Crippen LogP contribution is -2.57. The van der Waals surface area contributed by atoms with Crippen LogP contribution in [0.3, 0.4) is 0 Å². The molecule has 136 valence electrons. The number of ether oxygens (including phenoxy) is 1. The first-order valence-electron chi connectivity index (χ1n) is 9.52. The molecule has 0 unspecified atom stereocenters. The predicted octanol–water partition coefficient (Wildman–Crippen LogP) is 1.84. The molecule has 3 rings (SSSR count). The van der Waals surface area contributed by atoms with E-state index >= 15 is 0 Å². The summed E-state index contributed by atoms with van der Waals surface area (Å²) >= 11 is 0. The monoisotopic (exact) mass is 337 g/mol. The summed E-state index contributed by atoms with van der Waals surface area (Å²) in [7, 11) is 0. The summed E-state index contributed by atoms with van der Waals surface area (Å²) in [6.45, 7) is 7.66. The summed E-state index contributed by atoms with van der Waals surface area (Å²) in [5.41, 5.74) is 0. The van der Waals surface area contributed by atoms with Crippen molar-refractivity contribution in [1.82, 2.24) is 15.1 Å². The third kappa shape index (κ3) is 3.85.